The lowest BCUT2D eigenvalue weighted by Crippen LogP contribution is -2.56. The molecule has 174 valence electrons. The highest BCUT2D eigenvalue weighted by Gasteiger charge is 2.46. The first-order valence-corrected chi connectivity index (χ1v) is 12.9. The van der Waals surface area contributed by atoms with Gasteiger partial charge in [0.25, 0.3) is 5.91 Å². The zero-order chi connectivity index (χ0) is 22.8. The van der Waals surface area contributed by atoms with Crippen LogP contribution in [0.25, 0.3) is 0 Å². The summed E-state index contributed by atoms with van der Waals surface area (Å²) in [6.07, 6.45) is 2.19. The minimum absolute atomic E-state index is 0.0909. The fraction of sp³-hybridized carbons (Fsp3) is 0.462. The molecule has 2 saturated heterocycles. The number of carbonyl (C=O) groups is 2. The lowest BCUT2D eigenvalue weighted by Gasteiger charge is -2.45. The first-order valence-electron chi connectivity index (χ1n) is 11.7. The van der Waals surface area contributed by atoms with Crippen LogP contribution < -0.4 is 9.64 Å². The molecule has 2 aromatic rings. The number of rotatable bonds is 5. The van der Waals surface area contributed by atoms with Crippen molar-refractivity contribution in [2.45, 2.75) is 31.3 Å². The van der Waals surface area contributed by atoms with E-state index in [1.165, 1.54) is 0 Å². The number of fused-ring (bicyclic) bond motifs is 1. The van der Waals surface area contributed by atoms with E-state index in [-0.39, 0.29) is 17.4 Å². The van der Waals surface area contributed by atoms with Crippen molar-refractivity contribution in [3.05, 3.63) is 59.7 Å². The lowest BCUT2D eigenvalue weighted by atomic mass is 9.85. The smallest absolute Gasteiger partial charge is 0.254 e. The van der Waals surface area contributed by atoms with Crippen LogP contribution in [0.4, 0.5) is 5.69 Å². The Morgan fingerprint density at radius 3 is 2.52 bits per heavy atom. The molecule has 0 unspecified atom stereocenters. The minimum atomic E-state index is -0.373. The van der Waals surface area contributed by atoms with Crippen LogP contribution in [-0.2, 0) is 11.3 Å². The Labute approximate surface area is 199 Å². The number of amides is 2. The first-order chi connectivity index (χ1) is 16.1. The molecule has 0 aliphatic carbocycles. The second-order valence-corrected chi connectivity index (χ2v) is 10.4. The Bertz CT molecular complexity index is 1030. The minimum Gasteiger partial charge on any atom is -0.497 e. The highest BCUT2D eigenvalue weighted by molar-refractivity contribution is 7.99. The summed E-state index contributed by atoms with van der Waals surface area (Å²) in [6, 6.07) is 16.0. The van der Waals surface area contributed by atoms with E-state index in [1.807, 2.05) is 64.0 Å². The normalized spacial score (nSPS) is 20.0. The molecule has 0 radical (unpaired) electrons. The number of nitrogens with zero attached hydrogens (tertiary/aromatic N) is 3. The zero-order valence-electron chi connectivity index (χ0n) is 19.2. The molecule has 3 heterocycles. The number of anilines is 1. The van der Waals surface area contributed by atoms with Crippen molar-refractivity contribution in [2.24, 2.45) is 0 Å². The fourth-order valence-electron chi connectivity index (χ4n) is 5.35. The van der Waals surface area contributed by atoms with Gasteiger partial charge in [0.15, 0.2) is 0 Å². The van der Waals surface area contributed by atoms with Crippen LogP contribution in [0.5, 0.6) is 5.75 Å². The van der Waals surface area contributed by atoms with Crippen LogP contribution in [0, 0.1) is 0 Å². The standard InChI is InChI=1S/C26H31N3O3S/c1-32-22-7-4-6-21(17-22)27-11-13-28(14-12-27)24(30)18-26(9-15-33-16-10-26)29-19-20-5-2-3-8-23(20)25(29)31/h2-8,17H,9-16,18-19H2,1H3. The van der Waals surface area contributed by atoms with E-state index in [0.717, 1.165) is 60.0 Å². The van der Waals surface area contributed by atoms with E-state index in [4.69, 9.17) is 4.74 Å². The van der Waals surface area contributed by atoms with E-state index < -0.39 is 0 Å². The molecule has 3 aliphatic heterocycles. The van der Waals surface area contributed by atoms with Crippen LogP contribution in [0.2, 0.25) is 0 Å². The molecule has 2 amide bonds. The average Bonchev–Trinajstić information content (AvgIpc) is 3.22. The topological polar surface area (TPSA) is 53.1 Å². The average molecular weight is 466 g/mol. The van der Waals surface area contributed by atoms with Crippen molar-refractivity contribution >= 4 is 29.3 Å². The summed E-state index contributed by atoms with van der Waals surface area (Å²) in [4.78, 5) is 33.1. The molecule has 0 aromatic heterocycles. The number of piperazine rings is 1. The van der Waals surface area contributed by atoms with E-state index in [1.54, 1.807) is 7.11 Å². The number of thioether (sulfide) groups is 1. The van der Waals surface area contributed by atoms with Crippen molar-refractivity contribution in [3.8, 4) is 5.75 Å². The Balaban J connectivity index is 1.27. The predicted octanol–water partition coefficient (Wildman–Crippen LogP) is 3.66. The van der Waals surface area contributed by atoms with Crippen molar-refractivity contribution in [2.75, 3.05) is 49.7 Å². The number of hydrogen-bond acceptors (Lipinski definition) is 5. The molecular formula is C26H31N3O3S. The Morgan fingerprint density at radius 2 is 1.79 bits per heavy atom. The molecule has 5 rings (SSSR count). The van der Waals surface area contributed by atoms with Gasteiger partial charge in [0.05, 0.1) is 19.1 Å². The van der Waals surface area contributed by atoms with Gasteiger partial charge in [0, 0.05) is 50.0 Å². The molecule has 0 N–H and O–H groups in total. The largest absolute Gasteiger partial charge is 0.497 e. The molecule has 6 nitrogen and oxygen atoms in total. The predicted molar refractivity (Wildman–Crippen MR) is 132 cm³/mol. The summed E-state index contributed by atoms with van der Waals surface area (Å²) in [5.74, 6) is 3.11. The van der Waals surface area contributed by atoms with Gasteiger partial charge in [0.2, 0.25) is 5.91 Å². The second kappa shape index (κ2) is 9.29. The molecule has 7 heteroatoms. The molecule has 0 atom stereocenters. The van der Waals surface area contributed by atoms with Crippen molar-refractivity contribution in [1.29, 1.82) is 0 Å². The maximum absolute atomic E-state index is 13.5. The summed E-state index contributed by atoms with van der Waals surface area (Å²) in [5, 5.41) is 0. The molecule has 0 saturated carbocycles. The molecule has 3 aliphatic rings. The lowest BCUT2D eigenvalue weighted by molar-refractivity contribution is -0.134. The molecular weight excluding hydrogens is 434 g/mol. The van der Waals surface area contributed by atoms with E-state index in [0.29, 0.717) is 26.1 Å². The maximum atomic E-state index is 13.5. The number of hydrogen-bond donors (Lipinski definition) is 0. The SMILES string of the molecule is COc1cccc(N2CCN(C(=O)CC3(N4Cc5ccccc5C4=O)CCSCC3)CC2)c1. The highest BCUT2D eigenvalue weighted by atomic mass is 32.2. The monoisotopic (exact) mass is 465 g/mol. The summed E-state index contributed by atoms with van der Waals surface area (Å²) >= 11 is 1.92. The van der Waals surface area contributed by atoms with E-state index in [9.17, 15) is 9.59 Å². The Morgan fingerprint density at radius 1 is 1.03 bits per heavy atom. The van der Waals surface area contributed by atoms with Gasteiger partial charge in [-0.15, -0.1) is 0 Å². The van der Waals surface area contributed by atoms with Gasteiger partial charge in [0.1, 0.15) is 5.75 Å². The van der Waals surface area contributed by atoms with Gasteiger partial charge in [-0.05, 0) is 48.1 Å². The number of ether oxygens (including phenoxy) is 1. The van der Waals surface area contributed by atoms with Crippen LogP contribution in [0.15, 0.2) is 48.5 Å². The highest BCUT2D eigenvalue weighted by Crippen LogP contribution is 2.41. The quantitative estimate of drug-likeness (QED) is 0.675. The molecule has 0 spiro atoms. The van der Waals surface area contributed by atoms with Crippen LogP contribution in [-0.4, -0.2) is 71.9 Å². The van der Waals surface area contributed by atoms with Gasteiger partial charge in [-0.2, -0.15) is 11.8 Å². The third kappa shape index (κ3) is 4.31. The fourth-order valence-corrected chi connectivity index (χ4v) is 6.60. The van der Waals surface area contributed by atoms with Crippen molar-refractivity contribution < 1.29 is 14.3 Å². The third-order valence-electron chi connectivity index (χ3n) is 7.35. The number of carbonyl (C=O) groups excluding carboxylic acids is 2. The Hall–Kier alpha value is -2.67. The molecule has 2 aromatic carbocycles. The molecule has 0 bridgehead atoms. The second-order valence-electron chi connectivity index (χ2n) is 9.13. The maximum Gasteiger partial charge on any atom is 0.254 e. The van der Waals surface area contributed by atoms with Crippen molar-refractivity contribution in [3.63, 3.8) is 0 Å². The Kier molecular flexibility index (Phi) is 6.23. The van der Waals surface area contributed by atoms with Crippen LogP contribution >= 0.6 is 11.8 Å². The van der Waals surface area contributed by atoms with Gasteiger partial charge < -0.3 is 19.4 Å². The van der Waals surface area contributed by atoms with Gasteiger partial charge in [-0.3, -0.25) is 9.59 Å². The summed E-state index contributed by atoms with van der Waals surface area (Å²) in [5.41, 5.74) is 2.64. The van der Waals surface area contributed by atoms with E-state index >= 15 is 0 Å². The zero-order valence-corrected chi connectivity index (χ0v) is 20.0. The van der Waals surface area contributed by atoms with Crippen LogP contribution in [0.3, 0.4) is 0 Å². The van der Waals surface area contributed by atoms with Crippen LogP contribution in [0.1, 0.15) is 35.2 Å². The van der Waals surface area contributed by atoms with E-state index in [2.05, 4.69) is 11.0 Å². The molecule has 2 fully saturated rings. The number of methoxy groups -OCH3 is 1. The summed E-state index contributed by atoms with van der Waals surface area (Å²) < 4.78 is 5.36. The third-order valence-corrected chi connectivity index (χ3v) is 8.33. The summed E-state index contributed by atoms with van der Waals surface area (Å²) in [7, 11) is 1.68. The summed E-state index contributed by atoms with van der Waals surface area (Å²) in [6.45, 7) is 3.63. The first kappa shape index (κ1) is 22.1. The van der Waals surface area contributed by atoms with Gasteiger partial charge in [-0.25, -0.2) is 0 Å². The number of benzene rings is 2. The van der Waals surface area contributed by atoms with Gasteiger partial charge >= 0.3 is 0 Å². The molecule has 33 heavy (non-hydrogen) atoms. The van der Waals surface area contributed by atoms with Crippen molar-refractivity contribution in [1.82, 2.24) is 9.80 Å². The van der Waals surface area contributed by atoms with Gasteiger partial charge in [-0.1, -0.05) is 24.3 Å².